The summed E-state index contributed by atoms with van der Waals surface area (Å²) in [6.45, 7) is 3.84. The number of H-pyrrole nitrogens is 1. The van der Waals surface area contributed by atoms with Crippen molar-refractivity contribution in [2.45, 2.75) is 25.9 Å². The highest BCUT2D eigenvalue weighted by Gasteiger charge is 2.15. The summed E-state index contributed by atoms with van der Waals surface area (Å²) in [6, 6.07) is 0.0465. The topological polar surface area (TPSA) is 96.5 Å². The van der Waals surface area contributed by atoms with E-state index in [1.165, 1.54) is 0 Å². The summed E-state index contributed by atoms with van der Waals surface area (Å²) in [6.07, 6.45) is 0. The van der Waals surface area contributed by atoms with Gasteiger partial charge in [0.05, 0.1) is 12.1 Å². The zero-order valence-corrected chi connectivity index (χ0v) is 9.21. The predicted molar refractivity (Wildman–Crippen MR) is 57.8 cm³/mol. The average molecular weight is 230 g/mol. The lowest BCUT2D eigenvalue weighted by Crippen LogP contribution is -2.49. The molecule has 3 N–H and O–H groups in total. The molecule has 1 aliphatic heterocycles. The second-order valence-corrected chi connectivity index (χ2v) is 3.36. The Hall–Kier alpha value is -1.43. The third-order valence-corrected chi connectivity index (χ3v) is 2.25. The van der Waals surface area contributed by atoms with Gasteiger partial charge in [0, 0.05) is 0 Å². The summed E-state index contributed by atoms with van der Waals surface area (Å²) < 4.78 is 0. The highest BCUT2D eigenvalue weighted by molar-refractivity contribution is 5.85. The normalized spacial score (nSPS) is 23.1. The van der Waals surface area contributed by atoms with Crippen LogP contribution < -0.4 is 22.1 Å². The molecule has 2 unspecified atom stereocenters. The van der Waals surface area contributed by atoms with E-state index in [0.717, 1.165) is 0 Å². The van der Waals surface area contributed by atoms with Crippen LogP contribution in [0.15, 0.2) is 14.8 Å². The maximum atomic E-state index is 11.4. The van der Waals surface area contributed by atoms with Crippen LogP contribution in [0.2, 0.25) is 0 Å². The van der Waals surface area contributed by atoms with Gasteiger partial charge in [0.25, 0.3) is 5.56 Å². The molecule has 2 heterocycles. The Morgan fingerprint density at radius 2 is 1.87 bits per heavy atom. The van der Waals surface area contributed by atoms with E-state index in [9.17, 15) is 4.79 Å². The minimum atomic E-state index is -0.324. The molecule has 15 heavy (non-hydrogen) atoms. The molecule has 1 aromatic rings. The van der Waals surface area contributed by atoms with E-state index in [1.807, 2.05) is 13.8 Å². The van der Waals surface area contributed by atoms with Gasteiger partial charge in [-0.25, -0.2) is 0 Å². The number of fused-ring (bicyclic) bond motifs is 1. The van der Waals surface area contributed by atoms with Crippen molar-refractivity contribution in [3.8, 4) is 0 Å². The quantitative estimate of drug-likeness (QED) is 0.585. The van der Waals surface area contributed by atoms with Gasteiger partial charge in [0.1, 0.15) is 0 Å². The number of aromatic nitrogens is 2. The first-order chi connectivity index (χ1) is 6.58. The van der Waals surface area contributed by atoms with Gasteiger partial charge < -0.3 is 5.73 Å². The zero-order chi connectivity index (χ0) is 10.3. The number of nitrogens with zero attached hydrogens (tertiary/aromatic N) is 3. The largest absolute Gasteiger partial charge is 0.369 e. The molecule has 2 rings (SSSR count). The highest BCUT2D eigenvalue weighted by Crippen LogP contribution is 2.01. The Labute approximate surface area is 91.8 Å². The van der Waals surface area contributed by atoms with Crippen molar-refractivity contribution in [3.05, 3.63) is 21.2 Å². The van der Waals surface area contributed by atoms with E-state index in [0.29, 0.717) is 5.49 Å². The van der Waals surface area contributed by atoms with Crippen LogP contribution in [0.5, 0.6) is 0 Å². The second-order valence-electron chi connectivity index (χ2n) is 3.36. The summed E-state index contributed by atoms with van der Waals surface area (Å²) in [5.41, 5.74) is 5.41. The predicted octanol–water partition coefficient (Wildman–Crippen LogP) is -1.20. The van der Waals surface area contributed by atoms with Crippen molar-refractivity contribution < 1.29 is 0 Å². The van der Waals surface area contributed by atoms with Crippen molar-refractivity contribution in [3.63, 3.8) is 0 Å². The Bertz CT molecular complexity index is 537. The minimum Gasteiger partial charge on any atom is -0.369 e. The maximum Gasteiger partial charge on any atom is 0.280 e. The first-order valence-electron chi connectivity index (χ1n) is 4.39. The number of nitrogen functional groups attached to an aromatic ring is 1. The van der Waals surface area contributed by atoms with Crippen LogP contribution in [0.3, 0.4) is 0 Å². The lowest BCUT2D eigenvalue weighted by atomic mass is 10.2. The maximum absolute atomic E-state index is 11.4. The van der Waals surface area contributed by atoms with Crippen LogP contribution in [-0.4, -0.2) is 22.1 Å². The van der Waals surface area contributed by atoms with Crippen molar-refractivity contribution >= 4 is 18.4 Å². The molecular formula is C8H12ClN5O. The van der Waals surface area contributed by atoms with Crippen LogP contribution in [0.1, 0.15) is 13.8 Å². The molecule has 6 nitrogen and oxygen atoms in total. The molecule has 7 heteroatoms. The van der Waals surface area contributed by atoms with Crippen molar-refractivity contribution in [2.24, 2.45) is 9.98 Å². The molecule has 0 aliphatic carbocycles. The van der Waals surface area contributed by atoms with E-state index in [4.69, 9.17) is 5.73 Å². The number of aromatic amines is 1. The van der Waals surface area contributed by atoms with Gasteiger partial charge in [-0.05, 0) is 13.8 Å². The number of hydrogen-bond acceptors (Lipinski definition) is 5. The first-order valence-corrected chi connectivity index (χ1v) is 4.39. The molecule has 1 aromatic heterocycles. The molecule has 82 valence electrons. The number of anilines is 1. The van der Waals surface area contributed by atoms with Gasteiger partial charge in [-0.15, -0.1) is 12.4 Å². The summed E-state index contributed by atoms with van der Waals surface area (Å²) in [4.78, 5) is 26.2. The molecule has 1 aliphatic rings. The van der Waals surface area contributed by atoms with Gasteiger partial charge in [-0.1, -0.05) is 0 Å². The highest BCUT2D eigenvalue weighted by atomic mass is 35.5. The second kappa shape index (κ2) is 3.98. The zero-order valence-electron chi connectivity index (χ0n) is 8.39. The van der Waals surface area contributed by atoms with Gasteiger partial charge in [-0.2, -0.15) is 4.98 Å². The average Bonchev–Trinajstić information content (AvgIpc) is 2.08. The number of halogens is 1. The first kappa shape index (κ1) is 11.6. The summed E-state index contributed by atoms with van der Waals surface area (Å²) >= 11 is 0. The molecule has 0 saturated heterocycles. The molecule has 0 fully saturated rings. The van der Waals surface area contributed by atoms with Gasteiger partial charge in [-0.3, -0.25) is 19.8 Å². The molecule has 0 spiro atoms. The van der Waals surface area contributed by atoms with Crippen LogP contribution in [0, 0.1) is 0 Å². The fourth-order valence-electron chi connectivity index (χ4n) is 1.29. The minimum absolute atomic E-state index is 0. The fourth-order valence-corrected chi connectivity index (χ4v) is 1.29. The van der Waals surface area contributed by atoms with Gasteiger partial charge in [0.2, 0.25) is 5.95 Å². The lowest BCUT2D eigenvalue weighted by Gasteiger charge is -2.13. The van der Waals surface area contributed by atoms with Crippen LogP contribution in [0.25, 0.3) is 0 Å². The van der Waals surface area contributed by atoms with E-state index in [1.54, 1.807) is 0 Å². The van der Waals surface area contributed by atoms with Crippen molar-refractivity contribution in [1.29, 1.82) is 0 Å². The lowest BCUT2D eigenvalue weighted by molar-refractivity contribution is 0.552. The van der Waals surface area contributed by atoms with Gasteiger partial charge >= 0.3 is 0 Å². The molecule has 0 aromatic carbocycles. The Morgan fingerprint density at radius 3 is 2.53 bits per heavy atom. The summed E-state index contributed by atoms with van der Waals surface area (Å²) in [5.74, 6) is 0.0782. The third-order valence-electron chi connectivity index (χ3n) is 2.25. The smallest absolute Gasteiger partial charge is 0.280 e. The van der Waals surface area contributed by atoms with Crippen molar-refractivity contribution in [2.75, 3.05) is 5.73 Å². The van der Waals surface area contributed by atoms with E-state index >= 15 is 0 Å². The SMILES string of the molecule is CC1N=c2nc(N)[nH]c(=O)c2=NC1C.Cl. The fraction of sp³-hybridized carbons (Fsp3) is 0.500. The van der Waals surface area contributed by atoms with Crippen LogP contribution in [0.4, 0.5) is 5.95 Å². The van der Waals surface area contributed by atoms with E-state index in [2.05, 4.69) is 20.0 Å². The molecule has 0 saturated carbocycles. The Morgan fingerprint density at radius 1 is 1.27 bits per heavy atom. The van der Waals surface area contributed by atoms with Gasteiger partial charge in [0.15, 0.2) is 10.8 Å². The number of hydrogen-bond donors (Lipinski definition) is 2. The monoisotopic (exact) mass is 229 g/mol. The molecule has 0 amide bonds. The molecule has 0 bridgehead atoms. The number of nitrogens with two attached hydrogens (primary N) is 1. The number of nitrogens with one attached hydrogen (secondary N) is 1. The molecule has 2 atom stereocenters. The standard InChI is InChI=1S/C8H11N5O.ClH/c1-3-4(2)11-6-5(10-3)7(14)13-8(9)12-6;/h3-4H,1-2H3,(H3,9,11,12,13,14);1H. The summed E-state index contributed by atoms with van der Waals surface area (Å²) in [7, 11) is 0. The summed E-state index contributed by atoms with van der Waals surface area (Å²) in [5, 5.41) is 0.282. The Kier molecular flexibility index (Phi) is 3.09. The van der Waals surface area contributed by atoms with Crippen LogP contribution in [-0.2, 0) is 0 Å². The number of rotatable bonds is 0. The van der Waals surface area contributed by atoms with E-state index < -0.39 is 0 Å². The molecular weight excluding hydrogens is 218 g/mol. The van der Waals surface area contributed by atoms with Crippen LogP contribution >= 0.6 is 12.4 Å². The van der Waals surface area contributed by atoms with Crippen molar-refractivity contribution in [1.82, 2.24) is 9.97 Å². The third kappa shape index (κ3) is 1.99. The van der Waals surface area contributed by atoms with E-state index in [-0.39, 0.29) is 41.4 Å². The Balaban J connectivity index is 0.00000112. The molecule has 0 radical (unpaired) electrons.